The third-order valence-electron chi connectivity index (χ3n) is 3.21. The predicted molar refractivity (Wildman–Crippen MR) is 81.3 cm³/mol. The first-order chi connectivity index (χ1) is 9.56. The highest BCUT2D eigenvalue weighted by Gasteiger charge is 2.17. The van der Waals surface area contributed by atoms with Crippen LogP contribution in [0.3, 0.4) is 0 Å². The highest BCUT2D eigenvalue weighted by molar-refractivity contribution is 6.35. The second-order valence-electron chi connectivity index (χ2n) is 4.80. The minimum Gasteiger partial charge on any atom is -0.322 e. The zero-order valence-corrected chi connectivity index (χ0v) is 12.7. The van der Waals surface area contributed by atoms with Crippen LogP contribution in [0.25, 0.3) is 11.0 Å². The van der Waals surface area contributed by atoms with E-state index in [0.717, 1.165) is 22.4 Å². The van der Waals surface area contributed by atoms with Gasteiger partial charge in [0.15, 0.2) is 0 Å². The van der Waals surface area contributed by atoms with Crippen LogP contribution in [0, 0.1) is 0 Å². The first-order valence-electron chi connectivity index (χ1n) is 6.32. The summed E-state index contributed by atoms with van der Waals surface area (Å²) in [6.07, 6.45) is 3.83. The molecule has 0 amide bonds. The maximum absolute atomic E-state index is 6.26. The fourth-order valence-corrected chi connectivity index (χ4v) is 2.72. The van der Waals surface area contributed by atoms with Crippen LogP contribution >= 0.6 is 23.2 Å². The molecule has 0 fully saturated rings. The number of aromatic nitrogens is 4. The Morgan fingerprint density at radius 1 is 1.35 bits per heavy atom. The number of imidazole rings is 1. The lowest BCUT2D eigenvalue weighted by atomic mass is 10.3. The molecule has 0 radical (unpaired) electrons. The van der Waals surface area contributed by atoms with Gasteiger partial charge in [-0.1, -0.05) is 17.7 Å². The molecule has 1 atom stereocenters. The van der Waals surface area contributed by atoms with Gasteiger partial charge in [-0.2, -0.15) is 5.10 Å². The number of fused-ring (bicyclic) bond motifs is 1. The lowest BCUT2D eigenvalue weighted by Crippen LogP contribution is -2.05. The average molecular weight is 309 g/mol. The molecule has 0 aliphatic carbocycles. The molecular weight excluding hydrogens is 295 g/mol. The summed E-state index contributed by atoms with van der Waals surface area (Å²) in [5.74, 6) is 0.818. The summed E-state index contributed by atoms with van der Waals surface area (Å²) in [6, 6.07) is 5.77. The Bertz CT molecular complexity index is 758. The number of alkyl halides is 1. The third-order valence-corrected chi connectivity index (χ3v) is 3.71. The standard InChI is InChI=1S/C14H14Cl2N4/c1-9(15)14-18-13-11(16)4-3-5-12(13)20(14)8-10-6-17-19(2)7-10/h3-7,9H,8H2,1-2H3. The quantitative estimate of drug-likeness (QED) is 0.690. The van der Waals surface area contributed by atoms with Gasteiger partial charge in [0.25, 0.3) is 0 Å². The number of rotatable bonds is 3. The van der Waals surface area contributed by atoms with Crippen molar-refractivity contribution < 1.29 is 0 Å². The van der Waals surface area contributed by atoms with Crippen LogP contribution in [0.15, 0.2) is 30.6 Å². The van der Waals surface area contributed by atoms with Crippen LogP contribution in [0.1, 0.15) is 23.7 Å². The normalized spacial score (nSPS) is 13.0. The fraction of sp³-hybridized carbons (Fsp3) is 0.286. The van der Waals surface area contributed by atoms with Crippen LogP contribution in [0.5, 0.6) is 0 Å². The average Bonchev–Trinajstić information content (AvgIpc) is 2.96. The zero-order chi connectivity index (χ0) is 14.3. The highest BCUT2D eigenvalue weighted by atomic mass is 35.5. The Labute approximate surface area is 126 Å². The number of aryl methyl sites for hydroxylation is 1. The zero-order valence-electron chi connectivity index (χ0n) is 11.2. The number of hydrogen-bond acceptors (Lipinski definition) is 2. The second-order valence-corrected chi connectivity index (χ2v) is 5.86. The van der Waals surface area contributed by atoms with E-state index < -0.39 is 0 Å². The molecule has 1 aromatic carbocycles. The van der Waals surface area contributed by atoms with Crippen molar-refractivity contribution in [3.05, 3.63) is 47.0 Å². The molecule has 1 unspecified atom stereocenters. The number of nitrogens with zero attached hydrogens (tertiary/aromatic N) is 4. The Hall–Kier alpha value is -1.52. The van der Waals surface area contributed by atoms with Gasteiger partial charge >= 0.3 is 0 Å². The third kappa shape index (κ3) is 2.30. The van der Waals surface area contributed by atoms with E-state index in [1.165, 1.54) is 0 Å². The van der Waals surface area contributed by atoms with Crippen LogP contribution in [0.4, 0.5) is 0 Å². The lowest BCUT2D eigenvalue weighted by molar-refractivity contribution is 0.738. The number of hydrogen-bond donors (Lipinski definition) is 0. The topological polar surface area (TPSA) is 35.6 Å². The van der Waals surface area contributed by atoms with Gasteiger partial charge in [-0.05, 0) is 19.1 Å². The molecule has 0 bridgehead atoms. The summed E-state index contributed by atoms with van der Waals surface area (Å²) in [5, 5.41) is 4.65. The van der Waals surface area contributed by atoms with Gasteiger partial charge in [0.05, 0.1) is 28.7 Å². The minimum atomic E-state index is -0.185. The van der Waals surface area contributed by atoms with E-state index in [2.05, 4.69) is 14.6 Å². The molecule has 3 rings (SSSR count). The SMILES string of the molecule is CC(Cl)c1nc2c(Cl)cccc2n1Cc1cnn(C)c1. The van der Waals surface area contributed by atoms with Crippen LogP contribution in [-0.2, 0) is 13.6 Å². The van der Waals surface area contributed by atoms with Crippen molar-refractivity contribution in [2.45, 2.75) is 18.8 Å². The summed E-state index contributed by atoms with van der Waals surface area (Å²) in [5.41, 5.74) is 2.88. The Morgan fingerprint density at radius 2 is 2.15 bits per heavy atom. The van der Waals surface area contributed by atoms with Crippen molar-refractivity contribution in [3.8, 4) is 0 Å². The van der Waals surface area contributed by atoms with Gasteiger partial charge < -0.3 is 4.57 Å². The van der Waals surface area contributed by atoms with E-state index in [1.54, 1.807) is 4.68 Å². The van der Waals surface area contributed by atoms with Gasteiger partial charge in [-0.15, -0.1) is 11.6 Å². The van der Waals surface area contributed by atoms with E-state index in [-0.39, 0.29) is 5.38 Å². The van der Waals surface area contributed by atoms with Gasteiger partial charge in [0.1, 0.15) is 11.3 Å². The van der Waals surface area contributed by atoms with Gasteiger partial charge in [-0.25, -0.2) is 4.98 Å². The largest absolute Gasteiger partial charge is 0.322 e. The molecule has 0 saturated carbocycles. The first kappa shape index (κ1) is 13.5. The van der Waals surface area contributed by atoms with Crippen molar-refractivity contribution in [2.75, 3.05) is 0 Å². The Balaban J connectivity index is 2.16. The highest BCUT2D eigenvalue weighted by Crippen LogP contribution is 2.29. The van der Waals surface area contributed by atoms with Crippen LogP contribution < -0.4 is 0 Å². The maximum Gasteiger partial charge on any atom is 0.128 e. The molecule has 6 heteroatoms. The van der Waals surface area contributed by atoms with Crippen molar-refractivity contribution in [3.63, 3.8) is 0 Å². The summed E-state index contributed by atoms with van der Waals surface area (Å²) in [6.45, 7) is 2.59. The van der Waals surface area contributed by atoms with E-state index in [4.69, 9.17) is 23.2 Å². The van der Waals surface area contributed by atoms with Crippen molar-refractivity contribution in [1.29, 1.82) is 0 Å². The predicted octanol–water partition coefficient (Wildman–Crippen LogP) is 3.77. The van der Waals surface area contributed by atoms with Gasteiger partial charge in [0.2, 0.25) is 0 Å². The van der Waals surface area contributed by atoms with Crippen molar-refractivity contribution in [1.82, 2.24) is 19.3 Å². The molecular formula is C14H14Cl2N4. The Morgan fingerprint density at radius 3 is 2.80 bits per heavy atom. The molecule has 0 saturated heterocycles. The summed E-state index contributed by atoms with van der Waals surface area (Å²) in [7, 11) is 1.90. The van der Waals surface area contributed by atoms with Crippen molar-refractivity contribution in [2.24, 2.45) is 7.05 Å². The molecule has 2 heterocycles. The Kier molecular flexibility index (Phi) is 3.44. The minimum absolute atomic E-state index is 0.185. The van der Waals surface area contributed by atoms with Gasteiger partial charge in [-0.3, -0.25) is 4.68 Å². The second kappa shape index (κ2) is 5.11. The van der Waals surface area contributed by atoms with E-state index in [0.29, 0.717) is 11.6 Å². The summed E-state index contributed by atoms with van der Waals surface area (Å²) >= 11 is 12.5. The molecule has 3 aromatic rings. The summed E-state index contributed by atoms with van der Waals surface area (Å²) < 4.78 is 3.88. The smallest absolute Gasteiger partial charge is 0.128 e. The molecule has 4 nitrogen and oxygen atoms in total. The molecule has 0 N–H and O–H groups in total. The van der Waals surface area contributed by atoms with Crippen LogP contribution in [0.2, 0.25) is 5.02 Å². The molecule has 2 aromatic heterocycles. The van der Waals surface area contributed by atoms with Crippen LogP contribution in [-0.4, -0.2) is 19.3 Å². The molecule has 0 spiro atoms. The van der Waals surface area contributed by atoms with Crippen molar-refractivity contribution >= 4 is 34.2 Å². The molecule has 0 aliphatic heterocycles. The summed E-state index contributed by atoms with van der Waals surface area (Å²) in [4.78, 5) is 4.59. The van der Waals surface area contributed by atoms with E-state index >= 15 is 0 Å². The maximum atomic E-state index is 6.26. The molecule has 0 aliphatic rings. The number of para-hydroxylation sites is 1. The van der Waals surface area contributed by atoms with E-state index in [9.17, 15) is 0 Å². The fourth-order valence-electron chi connectivity index (χ4n) is 2.34. The van der Waals surface area contributed by atoms with Gasteiger partial charge in [0, 0.05) is 18.8 Å². The first-order valence-corrected chi connectivity index (χ1v) is 7.14. The lowest BCUT2D eigenvalue weighted by Gasteiger charge is -2.09. The number of benzene rings is 1. The monoisotopic (exact) mass is 308 g/mol. The molecule has 20 heavy (non-hydrogen) atoms. The molecule has 104 valence electrons. The number of halogens is 2. The van der Waals surface area contributed by atoms with E-state index in [1.807, 2.05) is 44.6 Å².